The summed E-state index contributed by atoms with van der Waals surface area (Å²) in [6.07, 6.45) is 26.8. The second kappa shape index (κ2) is 18.0. The van der Waals surface area contributed by atoms with Crippen LogP contribution in [0.4, 0.5) is 0 Å². The summed E-state index contributed by atoms with van der Waals surface area (Å²) in [6, 6.07) is 9.02. The molecule has 160 valence electrons. The Morgan fingerprint density at radius 3 is 1.82 bits per heavy atom. The molecule has 0 saturated carbocycles. The zero-order valence-electron chi connectivity index (χ0n) is 19.4. The van der Waals surface area contributed by atoms with Crippen LogP contribution < -0.4 is 0 Å². The molecule has 0 aliphatic rings. The van der Waals surface area contributed by atoms with Crippen molar-refractivity contribution in [3.05, 3.63) is 47.5 Å². The maximum absolute atomic E-state index is 2.43. The molecule has 1 aromatic carbocycles. The normalized spacial score (nSPS) is 12.7. The topological polar surface area (TPSA) is 0 Å². The number of rotatable bonds is 18. The lowest BCUT2D eigenvalue weighted by molar-refractivity contribution is 0.551. The highest BCUT2D eigenvalue weighted by atomic mass is 14.1. The van der Waals surface area contributed by atoms with Gasteiger partial charge in [0.15, 0.2) is 0 Å². The Kier molecular flexibility index (Phi) is 16.1. The first kappa shape index (κ1) is 25.0. The number of hydrogen-bond donors (Lipinski definition) is 0. The highest BCUT2D eigenvalue weighted by molar-refractivity contribution is 5.29. The predicted molar refractivity (Wildman–Crippen MR) is 128 cm³/mol. The second-order valence-corrected chi connectivity index (χ2v) is 8.68. The van der Waals surface area contributed by atoms with Crippen LogP contribution in [0.15, 0.2) is 36.4 Å². The molecule has 28 heavy (non-hydrogen) atoms. The van der Waals surface area contributed by atoms with E-state index in [1.165, 1.54) is 96.3 Å². The number of unbranched alkanes of at least 4 members (excludes halogenated alkanes) is 12. The lowest BCUT2D eigenvalue weighted by atomic mass is 9.90. The number of hydrogen-bond acceptors (Lipinski definition) is 0. The fourth-order valence-electron chi connectivity index (χ4n) is 4.19. The molecule has 0 nitrogen and oxygen atoms in total. The van der Waals surface area contributed by atoms with E-state index in [0.29, 0.717) is 5.92 Å². The zero-order chi connectivity index (χ0) is 20.3. The molecule has 0 aromatic heterocycles. The molecule has 0 heterocycles. The van der Waals surface area contributed by atoms with Crippen molar-refractivity contribution in [2.24, 2.45) is 0 Å². The van der Waals surface area contributed by atoms with Gasteiger partial charge in [-0.15, -0.1) is 0 Å². The Hall–Kier alpha value is -1.04. The molecular weight excluding hydrogens is 336 g/mol. The van der Waals surface area contributed by atoms with Crippen molar-refractivity contribution in [2.75, 3.05) is 0 Å². The van der Waals surface area contributed by atoms with Crippen LogP contribution >= 0.6 is 0 Å². The van der Waals surface area contributed by atoms with E-state index >= 15 is 0 Å². The molecule has 0 fully saturated rings. The van der Waals surface area contributed by atoms with Gasteiger partial charge in [0.1, 0.15) is 0 Å². The Balaban J connectivity index is 1.90. The van der Waals surface area contributed by atoms with E-state index in [1.54, 1.807) is 11.1 Å². The minimum Gasteiger partial charge on any atom is -0.0885 e. The minimum absolute atomic E-state index is 0.716. The zero-order valence-corrected chi connectivity index (χ0v) is 19.4. The summed E-state index contributed by atoms with van der Waals surface area (Å²) < 4.78 is 0. The molecule has 1 atom stereocenters. The molecule has 1 aromatic rings. The van der Waals surface area contributed by atoms with Crippen molar-refractivity contribution in [2.45, 2.75) is 129 Å². The van der Waals surface area contributed by atoms with E-state index in [9.17, 15) is 0 Å². The van der Waals surface area contributed by atoms with E-state index in [-0.39, 0.29) is 0 Å². The molecule has 0 aliphatic heterocycles. The van der Waals surface area contributed by atoms with Gasteiger partial charge in [-0.2, -0.15) is 0 Å². The smallest absolute Gasteiger partial charge is 0.0188 e. The van der Waals surface area contributed by atoms with Gasteiger partial charge >= 0.3 is 0 Å². The van der Waals surface area contributed by atoms with Gasteiger partial charge in [0.05, 0.1) is 0 Å². The first-order valence-corrected chi connectivity index (χ1v) is 12.5. The van der Waals surface area contributed by atoms with Gasteiger partial charge in [-0.05, 0) is 55.6 Å². The fraction of sp³-hybridized carbons (Fsp3) is 0.714. The number of allylic oxidation sites excluding steroid dienone is 2. The average Bonchev–Trinajstić information content (AvgIpc) is 2.73. The molecule has 0 amide bonds. The third kappa shape index (κ3) is 12.4. The largest absolute Gasteiger partial charge is 0.0885 e. The molecule has 0 saturated heterocycles. The van der Waals surface area contributed by atoms with Crippen molar-refractivity contribution in [3.8, 4) is 0 Å². The minimum atomic E-state index is 0.716. The summed E-state index contributed by atoms with van der Waals surface area (Å²) in [6.45, 7) is 6.97. The summed E-state index contributed by atoms with van der Waals surface area (Å²) in [5.74, 6) is 0.716. The van der Waals surface area contributed by atoms with Gasteiger partial charge in [-0.3, -0.25) is 0 Å². The quantitative estimate of drug-likeness (QED) is 0.174. The van der Waals surface area contributed by atoms with Crippen LogP contribution in [0.1, 0.15) is 134 Å². The van der Waals surface area contributed by atoms with E-state index in [4.69, 9.17) is 0 Å². The highest BCUT2D eigenvalue weighted by Crippen LogP contribution is 2.25. The second-order valence-electron chi connectivity index (χ2n) is 8.68. The van der Waals surface area contributed by atoms with Crippen LogP contribution in [0.5, 0.6) is 0 Å². The molecule has 1 rings (SSSR count). The molecule has 0 aliphatic carbocycles. The van der Waals surface area contributed by atoms with Crippen LogP contribution in [-0.4, -0.2) is 0 Å². The van der Waals surface area contributed by atoms with E-state index in [0.717, 1.165) is 6.42 Å². The molecule has 0 heteroatoms. The number of aryl methyl sites for hydroxylation is 1. The highest BCUT2D eigenvalue weighted by Gasteiger charge is 2.08. The predicted octanol–water partition coefficient (Wildman–Crippen LogP) is 9.78. The number of benzene rings is 1. The van der Waals surface area contributed by atoms with Crippen molar-refractivity contribution < 1.29 is 0 Å². The van der Waals surface area contributed by atoms with Gasteiger partial charge in [-0.25, -0.2) is 0 Å². The van der Waals surface area contributed by atoms with E-state index in [1.807, 2.05) is 0 Å². The Morgan fingerprint density at radius 2 is 1.21 bits per heavy atom. The Labute approximate surface area is 177 Å². The standard InChI is InChI=1S/C28H48/c1-4-6-7-8-9-10-11-12-13-14-15-16-17-18-19-20-23-26(3)28-25-22-21-24-27(28)5-2/h12-13,21-22,24-26H,4-11,14-20,23H2,1-3H3/b13-12-. The van der Waals surface area contributed by atoms with Crippen LogP contribution in [0.3, 0.4) is 0 Å². The Morgan fingerprint density at radius 1 is 0.679 bits per heavy atom. The van der Waals surface area contributed by atoms with Crippen molar-refractivity contribution in [1.29, 1.82) is 0 Å². The Bertz CT molecular complexity index is 485. The van der Waals surface area contributed by atoms with E-state index < -0.39 is 0 Å². The van der Waals surface area contributed by atoms with Gasteiger partial charge in [0.2, 0.25) is 0 Å². The van der Waals surface area contributed by atoms with Crippen LogP contribution in [0.25, 0.3) is 0 Å². The monoisotopic (exact) mass is 384 g/mol. The van der Waals surface area contributed by atoms with Crippen LogP contribution in [-0.2, 0) is 6.42 Å². The first-order chi connectivity index (χ1) is 13.8. The summed E-state index contributed by atoms with van der Waals surface area (Å²) in [4.78, 5) is 0. The van der Waals surface area contributed by atoms with Crippen LogP contribution in [0, 0.1) is 0 Å². The van der Waals surface area contributed by atoms with Crippen molar-refractivity contribution in [3.63, 3.8) is 0 Å². The molecule has 0 spiro atoms. The summed E-state index contributed by atoms with van der Waals surface area (Å²) >= 11 is 0. The fourth-order valence-corrected chi connectivity index (χ4v) is 4.19. The molecule has 0 N–H and O–H groups in total. The SMILES string of the molecule is CCCCCCCC/C=C\CCCCCCCCC(C)c1ccccc1CC. The maximum Gasteiger partial charge on any atom is -0.0188 e. The lowest BCUT2D eigenvalue weighted by Crippen LogP contribution is -1.98. The maximum atomic E-state index is 2.43. The van der Waals surface area contributed by atoms with Crippen molar-refractivity contribution in [1.82, 2.24) is 0 Å². The van der Waals surface area contributed by atoms with Crippen molar-refractivity contribution >= 4 is 0 Å². The summed E-state index contributed by atoms with van der Waals surface area (Å²) in [7, 11) is 0. The van der Waals surface area contributed by atoms with Crippen LogP contribution in [0.2, 0.25) is 0 Å². The van der Waals surface area contributed by atoms with Gasteiger partial charge < -0.3 is 0 Å². The van der Waals surface area contributed by atoms with Gasteiger partial charge in [0.25, 0.3) is 0 Å². The van der Waals surface area contributed by atoms with E-state index in [2.05, 4.69) is 57.2 Å². The summed E-state index contributed by atoms with van der Waals surface area (Å²) in [5.41, 5.74) is 3.12. The lowest BCUT2D eigenvalue weighted by Gasteiger charge is -2.15. The first-order valence-electron chi connectivity index (χ1n) is 12.5. The third-order valence-electron chi connectivity index (χ3n) is 6.12. The summed E-state index contributed by atoms with van der Waals surface area (Å²) in [5, 5.41) is 0. The third-order valence-corrected chi connectivity index (χ3v) is 6.12. The molecular formula is C28H48. The molecule has 0 bridgehead atoms. The molecule has 0 radical (unpaired) electrons. The van der Waals surface area contributed by atoms with Gasteiger partial charge in [0, 0.05) is 0 Å². The molecule has 1 unspecified atom stereocenters. The average molecular weight is 385 g/mol. The van der Waals surface area contributed by atoms with Gasteiger partial charge in [-0.1, -0.05) is 121 Å².